The fourth-order valence-electron chi connectivity index (χ4n) is 5.22. The number of para-hydroxylation sites is 2. The Morgan fingerprint density at radius 1 is 0.537 bits per heavy atom. The van der Waals surface area contributed by atoms with E-state index in [9.17, 15) is 0 Å². The van der Waals surface area contributed by atoms with Gasteiger partial charge in [-0.3, -0.25) is 0 Å². The average Bonchev–Trinajstić information content (AvgIpc) is 2.91. The van der Waals surface area contributed by atoms with Crippen LogP contribution in [0.25, 0.3) is 0 Å². The van der Waals surface area contributed by atoms with E-state index >= 15 is 0 Å². The first-order valence-electron chi connectivity index (χ1n) is 14.2. The van der Waals surface area contributed by atoms with Crippen LogP contribution in [0.4, 0.5) is 11.4 Å². The van der Waals surface area contributed by atoms with Crippen LogP contribution in [0.1, 0.15) is 49.9 Å². The summed E-state index contributed by atoms with van der Waals surface area (Å²) in [5.74, 6) is 0. The Morgan fingerprint density at radius 2 is 0.854 bits per heavy atom. The number of hydrogen-bond acceptors (Lipinski definition) is 3. The van der Waals surface area contributed by atoms with E-state index in [1.165, 1.54) is 40.9 Å². The molecule has 212 valence electrons. The molecule has 4 aromatic rings. The van der Waals surface area contributed by atoms with Crippen molar-refractivity contribution < 1.29 is 0 Å². The van der Waals surface area contributed by atoms with Crippen molar-refractivity contribution in [2.75, 3.05) is 7.54 Å². The van der Waals surface area contributed by atoms with Gasteiger partial charge in [-0.1, -0.05) is 0 Å². The second-order valence-corrected chi connectivity index (χ2v) is 16.1. The van der Waals surface area contributed by atoms with Crippen molar-refractivity contribution in [3.63, 3.8) is 0 Å². The second-order valence-electron chi connectivity index (χ2n) is 10.9. The first kappa shape index (κ1) is 34.1. The summed E-state index contributed by atoms with van der Waals surface area (Å²) < 4.78 is 8.07. The van der Waals surface area contributed by atoms with E-state index in [1.54, 1.807) is 0 Å². The molecule has 1 heterocycles. The molecule has 0 aliphatic carbocycles. The zero-order valence-corrected chi connectivity index (χ0v) is 32.4. The monoisotopic (exact) mass is 837 g/mol. The molecule has 3 nitrogen and oxygen atoms in total. The van der Waals surface area contributed by atoms with Crippen molar-refractivity contribution in [2.45, 2.75) is 67.5 Å². The van der Waals surface area contributed by atoms with Crippen LogP contribution in [0, 0.1) is 27.7 Å². The van der Waals surface area contributed by atoms with Crippen molar-refractivity contribution in [2.24, 2.45) is 0 Å². The van der Waals surface area contributed by atoms with Gasteiger partial charge >= 0.3 is 285 Å². The Balaban J connectivity index is 0.000000267. The minimum absolute atomic E-state index is 0.296. The summed E-state index contributed by atoms with van der Waals surface area (Å²) >= 11 is 3.61. The van der Waals surface area contributed by atoms with Crippen molar-refractivity contribution in [3.05, 3.63) is 119 Å². The summed E-state index contributed by atoms with van der Waals surface area (Å²) in [6.45, 7) is 18.3. The third-order valence-electron chi connectivity index (χ3n) is 6.98. The molecule has 1 aliphatic rings. The van der Waals surface area contributed by atoms with Gasteiger partial charge in [0.15, 0.2) is 0 Å². The van der Waals surface area contributed by atoms with E-state index in [1.807, 2.05) is 81.0 Å². The molecular weight excluding hydrogens is 789 g/mol. The van der Waals surface area contributed by atoms with Crippen LogP contribution in [0.3, 0.4) is 0 Å². The van der Waals surface area contributed by atoms with Crippen molar-refractivity contribution in [1.82, 2.24) is 4.81 Å². The molecule has 0 unspecified atom stereocenters. The third kappa shape index (κ3) is 9.30. The van der Waals surface area contributed by atoms with E-state index in [4.69, 9.17) is 0 Å². The summed E-state index contributed by atoms with van der Waals surface area (Å²) in [5, 5.41) is 0. The van der Waals surface area contributed by atoms with Gasteiger partial charge in [0.05, 0.1) is 0 Å². The zero-order chi connectivity index (χ0) is 30.1. The molecule has 0 N–H and O–H groups in total. The zero-order valence-electron chi connectivity index (χ0n) is 25.6. The van der Waals surface area contributed by atoms with Gasteiger partial charge in [-0.25, -0.2) is 0 Å². The third-order valence-corrected chi connectivity index (χ3v) is 11.3. The Labute approximate surface area is 283 Å². The molecule has 4 aromatic carbocycles. The SMILES string of the molecule is Cc1cccc(C)c1[N]1[Ge][N](c2c(C)cccc2C)B1N(C(C)C)C(C)C.[Te]c1ccccc1.[Te]c1ccccc1. The summed E-state index contributed by atoms with van der Waals surface area (Å²) in [5.41, 5.74) is 8.43. The molecule has 0 bridgehead atoms. The first-order chi connectivity index (χ1) is 19.5. The van der Waals surface area contributed by atoms with Crippen LogP contribution >= 0.6 is 0 Å². The molecule has 0 saturated carbocycles. The van der Waals surface area contributed by atoms with Gasteiger partial charge in [-0.05, 0) is 0 Å². The molecule has 0 aromatic heterocycles. The predicted octanol–water partition coefficient (Wildman–Crippen LogP) is 5.85. The normalized spacial score (nSPS) is 12.5. The maximum atomic E-state index is 2.70. The van der Waals surface area contributed by atoms with E-state index in [0.29, 0.717) is 19.2 Å². The van der Waals surface area contributed by atoms with Crippen LogP contribution in [0.5, 0.6) is 0 Å². The number of anilines is 2. The molecule has 7 heteroatoms. The number of nitrogens with zero attached hydrogens (tertiary/aromatic N) is 3. The Hall–Kier alpha value is -1.37. The molecule has 1 aliphatic heterocycles. The van der Waals surface area contributed by atoms with Crippen LogP contribution in [0.15, 0.2) is 97.1 Å². The average molecular weight is 831 g/mol. The van der Waals surface area contributed by atoms with E-state index in [2.05, 4.69) is 128 Å². The number of rotatable bonds is 5. The summed E-state index contributed by atoms with van der Waals surface area (Å²) in [4.78, 5) is 2.66. The predicted molar refractivity (Wildman–Crippen MR) is 184 cm³/mol. The minimum atomic E-state index is -0.428. The van der Waals surface area contributed by atoms with Gasteiger partial charge in [0.1, 0.15) is 0 Å². The van der Waals surface area contributed by atoms with Crippen LogP contribution in [-0.2, 0) is 0 Å². The molecule has 0 spiro atoms. The fourth-order valence-corrected chi connectivity index (χ4v) is 9.62. The summed E-state index contributed by atoms with van der Waals surface area (Å²) in [6, 6.07) is 34.9. The standard InChI is InChI=1S/C22H32BGeN3.2C6H5Te/c1-15(2)25(16(3)4)23-26(21-17(5)11-9-12-18(21)6)24-27(23)22-19(7)13-10-14-20(22)8;2*7-6-4-2-1-3-5-6/h9-16H,1-8H3;2*1-5H. The van der Waals surface area contributed by atoms with Gasteiger partial charge in [0, 0.05) is 0 Å². The summed E-state index contributed by atoms with van der Waals surface area (Å²) in [7, 11) is 0.296. The number of aryl methyl sites for hydroxylation is 4. The molecule has 1 fully saturated rings. The molecule has 0 amide bonds. The van der Waals surface area contributed by atoms with E-state index < -0.39 is 15.9 Å². The quantitative estimate of drug-likeness (QED) is 0.234. The number of benzene rings is 4. The maximum absolute atomic E-state index is 2.70. The molecule has 41 heavy (non-hydrogen) atoms. The van der Waals surface area contributed by atoms with Gasteiger partial charge in [0.2, 0.25) is 0 Å². The van der Waals surface area contributed by atoms with Crippen molar-refractivity contribution in [3.8, 4) is 0 Å². The Kier molecular flexibility index (Phi) is 13.7. The van der Waals surface area contributed by atoms with Crippen LogP contribution < -0.4 is 14.8 Å². The van der Waals surface area contributed by atoms with Crippen molar-refractivity contribution >= 4 is 86.2 Å². The van der Waals surface area contributed by atoms with E-state index in [-0.39, 0.29) is 0 Å². The van der Waals surface area contributed by atoms with Gasteiger partial charge in [-0.15, -0.1) is 0 Å². The van der Waals surface area contributed by atoms with Crippen molar-refractivity contribution in [1.29, 1.82) is 0 Å². The van der Waals surface area contributed by atoms with Gasteiger partial charge in [0.25, 0.3) is 0 Å². The molecule has 0 atom stereocenters. The number of hydrogen-bond donors (Lipinski definition) is 0. The van der Waals surface area contributed by atoms with E-state index in [0.717, 1.165) is 0 Å². The molecule has 5 rings (SSSR count). The Morgan fingerprint density at radius 3 is 1.10 bits per heavy atom. The molecular formula is C34H42BGeN3Te2. The topological polar surface area (TPSA) is 9.72 Å². The van der Waals surface area contributed by atoms with Crippen LogP contribution in [-0.4, -0.2) is 84.5 Å². The molecule has 1 saturated heterocycles. The first-order valence-corrected chi connectivity index (χ1v) is 18.4. The van der Waals surface area contributed by atoms with Gasteiger partial charge < -0.3 is 0 Å². The van der Waals surface area contributed by atoms with Gasteiger partial charge in [-0.2, -0.15) is 0 Å². The molecule has 4 radical (unpaired) electrons. The fraction of sp³-hybridized carbons (Fsp3) is 0.294. The summed E-state index contributed by atoms with van der Waals surface area (Å²) in [6.07, 6.45) is 0. The second kappa shape index (κ2) is 16.5. The Bertz CT molecular complexity index is 1230. The van der Waals surface area contributed by atoms with Crippen LogP contribution in [0.2, 0.25) is 0 Å².